The third kappa shape index (κ3) is 5.14. The van der Waals surface area contributed by atoms with Crippen LogP contribution >= 0.6 is 11.8 Å². The number of carbonyl (C=O) groups is 1. The monoisotopic (exact) mass is 374 g/mol. The summed E-state index contributed by atoms with van der Waals surface area (Å²) in [5.74, 6) is 0.0755. The van der Waals surface area contributed by atoms with E-state index in [1.165, 1.54) is 24.2 Å². The quantitative estimate of drug-likeness (QED) is 0.607. The molecule has 26 heavy (non-hydrogen) atoms. The minimum Gasteiger partial charge on any atom is -0.506 e. The van der Waals surface area contributed by atoms with Gasteiger partial charge in [0.15, 0.2) is 0 Å². The Morgan fingerprint density at radius 1 is 1.19 bits per heavy atom. The summed E-state index contributed by atoms with van der Waals surface area (Å²) in [6, 6.07) is 11.0. The summed E-state index contributed by atoms with van der Waals surface area (Å²) in [5, 5.41) is 10.2. The zero-order valence-electron chi connectivity index (χ0n) is 14.5. The van der Waals surface area contributed by atoms with Crippen LogP contribution in [0.15, 0.2) is 50.5 Å². The maximum atomic E-state index is 12.2. The lowest BCUT2D eigenvalue weighted by Crippen LogP contribution is -2.22. The molecule has 1 fully saturated rings. The summed E-state index contributed by atoms with van der Waals surface area (Å²) in [7, 11) is 0. The van der Waals surface area contributed by atoms with Crippen molar-refractivity contribution in [1.29, 1.82) is 0 Å². The molecule has 1 aliphatic rings. The molecule has 5 nitrogen and oxygen atoms in total. The first-order valence-electron chi connectivity index (χ1n) is 8.84. The number of hydrogen-bond donors (Lipinski definition) is 1. The number of rotatable bonds is 6. The van der Waals surface area contributed by atoms with E-state index in [9.17, 15) is 14.7 Å². The maximum Gasteiger partial charge on any atom is 0.353 e. The van der Waals surface area contributed by atoms with Crippen molar-refractivity contribution in [2.24, 2.45) is 0 Å². The second-order valence-electron chi connectivity index (χ2n) is 6.42. The van der Waals surface area contributed by atoms with Crippen LogP contribution in [-0.2, 0) is 21.7 Å². The summed E-state index contributed by atoms with van der Waals surface area (Å²) in [4.78, 5) is 24.3. The van der Waals surface area contributed by atoms with Crippen molar-refractivity contribution in [3.63, 3.8) is 0 Å². The minimum absolute atomic E-state index is 0.0442. The van der Waals surface area contributed by atoms with Gasteiger partial charge in [0.1, 0.15) is 28.9 Å². The van der Waals surface area contributed by atoms with E-state index in [1.54, 1.807) is 0 Å². The first-order valence-corrected chi connectivity index (χ1v) is 9.82. The van der Waals surface area contributed by atoms with Crippen molar-refractivity contribution in [2.75, 3.05) is 0 Å². The molecular formula is C20H22O5S. The predicted octanol–water partition coefficient (Wildman–Crippen LogP) is 4.06. The maximum absolute atomic E-state index is 12.2. The lowest BCUT2D eigenvalue weighted by Gasteiger charge is -2.21. The Kier molecular flexibility index (Phi) is 6.39. The zero-order chi connectivity index (χ0) is 18.4. The highest BCUT2D eigenvalue weighted by Crippen LogP contribution is 2.29. The summed E-state index contributed by atoms with van der Waals surface area (Å²) < 4.78 is 10.6. The largest absolute Gasteiger partial charge is 0.506 e. The van der Waals surface area contributed by atoms with Crippen molar-refractivity contribution in [3.8, 4) is 5.75 Å². The van der Waals surface area contributed by atoms with Gasteiger partial charge in [-0.25, -0.2) is 4.79 Å². The second kappa shape index (κ2) is 8.94. The fraction of sp³-hybridized carbons (Fsp3) is 0.400. The van der Waals surface area contributed by atoms with E-state index in [0.717, 1.165) is 31.2 Å². The van der Waals surface area contributed by atoms with Gasteiger partial charge in [0.25, 0.3) is 0 Å². The Bertz CT molecular complexity index is 794. The highest BCUT2D eigenvalue weighted by Gasteiger charge is 2.20. The zero-order valence-corrected chi connectivity index (χ0v) is 15.3. The Morgan fingerprint density at radius 3 is 2.62 bits per heavy atom. The standard InChI is InChI=1S/C20H22O5S/c21-17-11-16(12-18(22)24-15-9-5-2-6-10-15)25-20(23)19(17)26-13-14-7-3-1-4-8-14/h1,3-4,7-8,11,15,21H,2,5-6,9-10,12-13H2. The SMILES string of the molecule is O=C(Cc1cc(O)c(SCc2ccccc2)c(=O)o1)OC1CCCCC1. The van der Waals surface area contributed by atoms with Gasteiger partial charge in [-0.3, -0.25) is 4.79 Å². The lowest BCUT2D eigenvalue weighted by atomic mass is 9.98. The van der Waals surface area contributed by atoms with E-state index in [0.29, 0.717) is 5.75 Å². The molecule has 0 radical (unpaired) electrons. The van der Waals surface area contributed by atoms with Crippen LogP contribution in [-0.4, -0.2) is 17.2 Å². The molecule has 3 rings (SSSR count). The van der Waals surface area contributed by atoms with Crippen molar-refractivity contribution in [1.82, 2.24) is 0 Å². The van der Waals surface area contributed by atoms with E-state index in [4.69, 9.17) is 9.15 Å². The van der Waals surface area contributed by atoms with Gasteiger partial charge >= 0.3 is 11.6 Å². The fourth-order valence-electron chi connectivity index (χ4n) is 3.02. The first kappa shape index (κ1) is 18.6. The first-order chi connectivity index (χ1) is 12.6. The van der Waals surface area contributed by atoms with Crippen LogP contribution in [0.2, 0.25) is 0 Å². The van der Waals surface area contributed by atoms with E-state index >= 15 is 0 Å². The van der Waals surface area contributed by atoms with Gasteiger partial charge in [0.05, 0.1) is 0 Å². The average molecular weight is 374 g/mol. The van der Waals surface area contributed by atoms with Crippen LogP contribution in [0.4, 0.5) is 0 Å². The van der Waals surface area contributed by atoms with E-state index in [1.807, 2.05) is 30.3 Å². The smallest absolute Gasteiger partial charge is 0.353 e. The molecule has 0 aliphatic heterocycles. The summed E-state index contributed by atoms with van der Waals surface area (Å²) in [6.07, 6.45) is 4.90. The molecule has 1 N–H and O–H groups in total. The van der Waals surface area contributed by atoms with Crippen LogP contribution in [0.5, 0.6) is 5.75 Å². The third-order valence-corrected chi connectivity index (χ3v) is 5.48. The molecule has 1 heterocycles. The van der Waals surface area contributed by atoms with Crippen molar-refractivity contribution < 1.29 is 19.1 Å². The van der Waals surface area contributed by atoms with Crippen LogP contribution in [0.25, 0.3) is 0 Å². The number of carbonyl (C=O) groups excluding carboxylic acids is 1. The van der Waals surface area contributed by atoms with Crippen molar-refractivity contribution in [2.45, 2.75) is 55.3 Å². The molecular weight excluding hydrogens is 352 g/mol. The molecule has 0 bridgehead atoms. The van der Waals surface area contributed by atoms with Crippen LogP contribution in [0.3, 0.4) is 0 Å². The predicted molar refractivity (Wildman–Crippen MR) is 99.3 cm³/mol. The highest BCUT2D eigenvalue weighted by molar-refractivity contribution is 7.98. The molecule has 0 atom stereocenters. The molecule has 1 aromatic carbocycles. The fourth-order valence-corrected chi connectivity index (χ4v) is 3.89. The Hall–Kier alpha value is -2.21. The van der Waals surface area contributed by atoms with Gasteiger partial charge in [0.2, 0.25) is 0 Å². The summed E-state index contributed by atoms with van der Waals surface area (Å²) >= 11 is 1.21. The van der Waals surface area contributed by atoms with Crippen LogP contribution in [0.1, 0.15) is 43.4 Å². The van der Waals surface area contributed by atoms with Gasteiger partial charge < -0.3 is 14.3 Å². The number of benzene rings is 1. The molecule has 2 aromatic rings. The minimum atomic E-state index is -0.633. The van der Waals surface area contributed by atoms with Crippen LogP contribution < -0.4 is 5.63 Å². The molecule has 0 unspecified atom stereocenters. The normalized spacial score (nSPS) is 14.9. The summed E-state index contributed by atoms with van der Waals surface area (Å²) in [5.41, 5.74) is 0.405. The number of ether oxygens (including phenoxy) is 1. The summed E-state index contributed by atoms with van der Waals surface area (Å²) in [6.45, 7) is 0. The molecule has 6 heteroatoms. The molecule has 1 saturated carbocycles. The molecule has 1 aromatic heterocycles. The molecule has 138 valence electrons. The van der Waals surface area contributed by atoms with E-state index in [2.05, 4.69) is 0 Å². The second-order valence-corrected chi connectivity index (χ2v) is 7.40. The highest BCUT2D eigenvalue weighted by atomic mass is 32.2. The molecule has 0 saturated heterocycles. The van der Waals surface area contributed by atoms with Gasteiger partial charge in [-0.1, -0.05) is 36.8 Å². The number of esters is 1. The Morgan fingerprint density at radius 2 is 1.92 bits per heavy atom. The lowest BCUT2D eigenvalue weighted by molar-refractivity contribution is -0.149. The third-order valence-electron chi connectivity index (χ3n) is 4.33. The van der Waals surface area contributed by atoms with Gasteiger partial charge in [-0.15, -0.1) is 11.8 Å². The molecule has 0 amide bonds. The van der Waals surface area contributed by atoms with Gasteiger partial charge in [-0.2, -0.15) is 0 Å². The van der Waals surface area contributed by atoms with E-state index in [-0.39, 0.29) is 28.9 Å². The molecule has 1 aliphatic carbocycles. The van der Waals surface area contributed by atoms with Gasteiger partial charge in [-0.05, 0) is 31.2 Å². The van der Waals surface area contributed by atoms with E-state index < -0.39 is 11.6 Å². The average Bonchev–Trinajstić information content (AvgIpc) is 2.62. The number of thioether (sulfide) groups is 1. The van der Waals surface area contributed by atoms with Crippen molar-refractivity contribution >= 4 is 17.7 Å². The number of hydrogen-bond acceptors (Lipinski definition) is 6. The Balaban J connectivity index is 1.61. The number of aromatic hydroxyl groups is 1. The topological polar surface area (TPSA) is 76.7 Å². The van der Waals surface area contributed by atoms with Gasteiger partial charge in [0, 0.05) is 11.8 Å². The molecule has 0 spiro atoms. The van der Waals surface area contributed by atoms with Crippen LogP contribution in [0, 0.1) is 0 Å². The Labute approximate surface area is 156 Å². The van der Waals surface area contributed by atoms with Crippen molar-refractivity contribution in [3.05, 3.63) is 58.1 Å².